The molecule has 1 aromatic carbocycles. The number of fused-ring (bicyclic) bond motifs is 1. The van der Waals surface area contributed by atoms with Gasteiger partial charge in [-0.1, -0.05) is 12.1 Å². The van der Waals surface area contributed by atoms with Crippen molar-refractivity contribution in [1.82, 2.24) is 19.4 Å². The summed E-state index contributed by atoms with van der Waals surface area (Å²) >= 11 is 0. The van der Waals surface area contributed by atoms with Crippen LogP contribution in [0, 0.1) is 5.41 Å². The SMILES string of the molecule is Cn1c(C(=O)N2CC(F)(F)C2)cc2c1CN(c1ncc(C(F)(F)F)c(Nc3ccc(/C(C=N)=C/N)cc3)n1)CC2. The van der Waals surface area contributed by atoms with E-state index in [9.17, 15) is 26.7 Å². The van der Waals surface area contributed by atoms with Crippen molar-refractivity contribution in [2.75, 3.05) is 29.9 Å². The molecule has 0 atom stereocenters. The maximum atomic E-state index is 13.8. The molecule has 1 amide bonds. The van der Waals surface area contributed by atoms with Gasteiger partial charge in [-0.2, -0.15) is 18.2 Å². The fourth-order valence-electron chi connectivity index (χ4n) is 4.78. The van der Waals surface area contributed by atoms with Gasteiger partial charge in [0.2, 0.25) is 5.95 Å². The first-order chi connectivity index (χ1) is 18.9. The van der Waals surface area contributed by atoms with Gasteiger partial charge in [0, 0.05) is 49.2 Å². The molecule has 1 saturated heterocycles. The van der Waals surface area contributed by atoms with Crippen LogP contribution < -0.4 is 16.0 Å². The number of aromatic nitrogens is 3. The average Bonchev–Trinajstić information content (AvgIpc) is 3.23. The molecular weight excluding hydrogens is 535 g/mol. The summed E-state index contributed by atoms with van der Waals surface area (Å²) in [6.45, 7) is -0.658. The Hall–Kier alpha value is -4.49. The van der Waals surface area contributed by atoms with Crippen molar-refractivity contribution < 1.29 is 26.7 Å². The van der Waals surface area contributed by atoms with Crippen molar-refractivity contribution >= 4 is 35.1 Å². The predicted octanol–water partition coefficient (Wildman–Crippen LogP) is 4.18. The van der Waals surface area contributed by atoms with Gasteiger partial charge in [0.05, 0.1) is 19.6 Å². The van der Waals surface area contributed by atoms with Crippen LogP contribution in [0.5, 0.6) is 0 Å². The maximum Gasteiger partial charge on any atom is 0.421 e. The molecule has 4 N–H and O–H groups in total. The number of carbonyl (C=O) groups is 1. The zero-order valence-corrected chi connectivity index (χ0v) is 21.3. The molecule has 210 valence electrons. The molecule has 0 unspecified atom stereocenters. The number of carbonyl (C=O) groups excluding carboxylic acids is 1. The number of amides is 1. The summed E-state index contributed by atoms with van der Waals surface area (Å²) in [4.78, 5) is 23.7. The van der Waals surface area contributed by atoms with E-state index >= 15 is 0 Å². The molecular formula is C26H25F5N8O. The van der Waals surface area contributed by atoms with E-state index in [1.54, 1.807) is 46.8 Å². The van der Waals surface area contributed by atoms with Crippen LogP contribution in [0.3, 0.4) is 0 Å². The summed E-state index contributed by atoms with van der Waals surface area (Å²) < 4.78 is 69.6. The molecule has 5 rings (SSSR count). The second-order valence-electron chi connectivity index (χ2n) is 9.65. The van der Waals surface area contributed by atoms with Crippen molar-refractivity contribution in [3.63, 3.8) is 0 Å². The summed E-state index contributed by atoms with van der Waals surface area (Å²) in [5.41, 5.74) is 7.72. The lowest BCUT2D eigenvalue weighted by atomic mass is 10.1. The fraction of sp³-hybridized carbons (Fsp3) is 0.308. The minimum atomic E-state index is -4.72. The van der Waals surface area contributed by atoms with Crippen molar-refractivity contribution in [3.05, 3.63) is 70.8 Å². The third-order valence-corrected chi connectivity index (χ3v) is 6.97. The quantitative estimate of drug-likeness (QED) is 0.308. The van der Waals surface area contributed by atoms with Gasteiger partial charge in [0.15, 0.2) is 0 Å². The van der Waals surface area contributed by atoms with Gasteiger partial charge in [-0.25, -0.2) is 13.8 Å². The van der Waals surface area contributed by atoms with Gasteiger partial charge in [-0.15, -0.1) is 0 Å². The summed E-state index contributed by atoms with van der Waals surface area (Å²) in [5, 5.41) is 10.1. The number of likely N-dealkylation sites (tertiary alicyclic amines) is 1. The van der Waals surface area contributed by atoms with Crippen LogP contribution in [0.15, 0.2) is 42.7 Å². The van der Waals surface area contributed by atoms with Gasteiger partial charge < -0.3 is 30.8 Å². The standard InChI is InChI=1S/C26H25F5N8O/c1-37-20(23(40)39-13-25(27,28)14-39)8-16-6-7-38(12-21(16)37)24-34-11-19(26(29,30)31)22(36-24)35-18-4-2-15(3-5-18)17(9-32)10-33/h2-5,8-11,32H,6-7,12-14,33H2,1H3,(H,34,35,36)/b17-10+,32-9?. The second kappa shape index (κ2) is 9.92. The van der Waals surface area contributed by atoms with E-state index in [4.69, 9.17) is 11.1 Å². The number of nitrogens with one attached hydrogen (secondary N) is 2. The van der Waals surface area contributed by atoms with Gasteiger partial charge >= 0.3 is 6.18 Å². The van der Waals surface area contributed by atoms with E-state index in [2.05, 4.69) is 15.3 Å². The summed E-state index contributed by atoms with van der Waals surface area (Å²) in [7, 11) is 1.65. The van der Waals surface area contributed by atoms with Gasteiger partial charge in [0.1, 0.15) is 17.1 Å². The number of allylic oxidation sites excluding steroid dienone is 1. The smallest absolute Gasteiger partial charge is 0.404 e. The monoisotopic (exact) mass is 560 g/mol. The lowest BCUT2D eigenvalue weighted by Crippen LogP contribution is -2.58. The molecule has 2 aromatic heterocycles. The Bertz CT molecular complexity index is 1490. The van der Waals surface area contributed by atoms with Crippen LogP contribution >= 0.6 is 0 Å². The molecule has 0 aliphatic carbocycles. The molecule has 0 radical (unpaired) electrons. The Morgan fingerprint density at radius 3 is 2.50 bits per heavy atom. The van der Waals surface area contributed by atoms with Crippen molar-refractivity contribution in [2.45, 2.75) is 25.1 Å². The molecule has 3 aromatic rings. The molecule has 0 spiro atoms. The third-order valence-electron chi connectivity index (χ3n) is 6.97. The molecule has 4 heterocycles. The number of hydrogen-bond acceptors (Lipinski definition) is 7. The predicted molar refractivity (Wildman–Crippen MR) is 139 cm³/mol. The van der Waals surface area contributed by atoms with Crippen LogP contribution in [0.1, 0.15) is 32.9 Å². The zero-order chi connectivity index (χ0) is 28.8. The van der Waals surface area contributed by atoms with Crippen LogP contribution in [-0.4, -0.2) is 57.1 Å². The first-order valence-electron chi connectivity index (χ1n) is 12.2. The zero-order valence-electron chi connectivity index (χ0n) is 21.3. The maximum absolute atomic E-state index is 13.8. The highest BCUT2D eigenvalue weighted by Crippen LogP contribution is 2.36. The fourth-order valence-corrected chi connectivity index (χ4v) is 4.78. The number of alkyl halides is 5. The summed E-state index contributed by atoms with van der Waals surface area (Å²) in [5.74, 6) is -3.74. The van der Waals surface area contributed by atoms with E-state index in [0.717, 1.165) is 28.6 Å². The van der Waals surface area contributed by atoms with Crippen LogP contribution in [0.25, 0.3) is 5.57 Å². The first kappa shape index (κ1) is 27.1. The first-order valence-corrected chi connectivity index (χ1v) is 12.2. The van der Waals surface area contributed by atoms with Crippen LogP contribution in [0.2, 0.25) is 0 Å². The van der Waals surface area contributed by atoms with Gasteiger partial charge in [-0.05, 0) is 35.7 Å². The Labute approximate surface area is 225 Å². The summed E-state index contributed by atoms with van der Waals surface area (Å²) in [6, 6.07) is 8.01. The van der Waals surface area contributed by atoms with Crippen molar-refractivity contribution in [1.29, 1.82) is 5.41 Å². The Kier molecular flexibility index (Phi) is 6.72. The van der Waals surface area contributed by atoms with Gasteiger partial charge in [0.25, 0.3) is 11.8 Å². The molecule has 0 saturated carbocycles. The highest BCUT2D eigenvalue weighted by Gasteiger charge is 2.47. The van der Waals surface area contributed by atoms with E-state index in [1.807, 2.05) is 0 Å². The normalized spacial score (nSPS) is 16.8. The topological polar surface area (TPSA) is 116 Å². The second-order valence-corrected chi connectivity index (χ2v) is 9.65. The van der Waals surface area contributed by atoms with Crippen molar-refractivity contribution in [2.24, 2.45) is 12.8 Å². The average molecular weight is 561 g/mol. The lowest BCUT2D eigenvalue weighted by Gasteiger charge is -2.38. The molecule has 14 heteroatoms. The highest BCUT2D eigenvalue weighted by atomic mass is 19.4. The minimum Gasteiger partial charge on any atom is -0.404 e. The van der Waals surface area contributed by atoms with E-state index in [-0.39, 0.29) is 18.2 Å². The van der Waals surface area contributed by atoms with E-state index < -0.39 is 42.5 Å². The number of hydrogen-bond donors (Lipinski definition) is 3. The molecule has 2 aliphatic rings. The Morgan fingerprint density at radius 1 is 1.20 bits per heavy atom. The minimum absolute atomic E-state index is 0.0615. The van der Waals surface area contributed by atoms with E-state index in [0.29, 0.717) is 29.8 Å². The lowest BCUT2D eigenvalue weighted by molar-refractivity contribution is -0.137. The number of rotatable bonds is 6. The number of nitrogens with zero attached hydrogens (tertiary/aromatic N) is 5. The molecule has 1 fully saturated rings. The molecule has 9 nitrogen and oxygen atoms in total. The Balaban J connectivity index is 1.40. The number of benzene rings is 1. The molecule has 40 heavy (non-hydrogen) atoms. The van der Waals surface area contributed by atoms with Gasteiger partial charge in [-0.3, -0.25) is 4.79 Å². The van der Waals surface area contributed by atoms with Crippen LogP contribution in [-0.2, 0) is 26.2 Å². The Morgan fingerprint density at radius 2 is 1.90 bits per heavy atom. The highest BCUT2D eigenvalue weighted by molar-refractivity contribution is 6.08. The third kappa shape index (κ3) is 5.08. The van der Waals surface area contributed by atoms with Crippen molar-refractivity contribution in [3.8, 4) is 0 Å². The van der Waals surface area contributed by atoms with E-state index in [1.165, 1.54) is 6.20 Å². The van der Waals surface area contributed by atoms with Crippen LogP contribution in [0.4, 0.5) is 39.4 Å². The number of anilines is 3. The molecule has 2 aliphatic heterocycles. The summed E-state index contributed by atoms with van der Waals surface area (Å²) in [6.07, 6.45) is -1.20. The number of nitrogens with two attached hydrogens (primary N) is 1. The molecule has 0 bridgehead atoms. The largest absolute Gasteiger partial charge is 0.421 e. The number of halogens is 5.